The monoisotopic (exact) mass is 297 g/mol. The minimum atomic E-state index is -0.977. The molecule has 1 atom stereocenters. The molecule has 0 aliphatic heterocycles. The first kappa shape index (κ1) is 18.0. The van der Waals surface area contributed by atoms with E-state index < -0.39 is 17.4 Å². The molecular formula is C17H31NO3. The highest BCUT2D eigenvalue weighted by Gasteiger charge is 2.38. The topological polar surface area (TPSA) is 66.4 Å². The quantitative estimate of drug-likeness (QED) is 0.754. The van der Waals surface area contributed by atoms with Crippen molar-refractivity contribution in [2.24, 2.45) is 17.3 Å². The molecule has 1 unspecified atom stereocenters. The Kier molecular flexibility index (Phi) is 6.69. The Labute approximate surface area is 128 Å². The van der Waals surface area contributed by atoms with Crippen LogP contribution in [0.4, 0.5) is 0 Å². The molecule has 4 heteroatoms. The molecule has 1 aliphatic carbocycles. The van der Waals surface area contributed by atoms with E-state index in [2.05, 4.69) is 19.2 Å². The lowest BCUT2D eigenvalue weighted by Gasteiger charge is -2.36. The first-order valence-corrected chi connectivity index (χ1v) is 8.28. The highest BCUT2D eigenvalue weighted by molar-refractivity contribution is 5.87. The zero-order valence-electron chi connectivity index (χ0n) is 13.9. The van der Waals surface area contributed by atoms with E-state index in [1.807, 2.05) is 6.92 Å². The Morgan fingerprint density at radius 3 is 2.29 bits per heavy atom. The largest absolute Gasteiger partial charge is 0.480 e. The molecule has 1 amide bonds. The number of rotatable bonds is 7. The first-order chi connectivity index (χ1) is 9.74. The minimum absolute atomic E-state index is 0.0990. The lowest BCUT2D eigenvalue weighted by molar-refractivity contribution is -0.143. The summed E-state index contributed by atoms with van der Waals surface area (Å²) in [7, 11) is 0. The molecule has 2 N–H and O–H groups in total. The molecule has 0 aromatic heterocycles. The fraction of sp³-hybridized carbons (Fsp3) is 0.882. The molecule has 1 saturated carbocycles. The van der Waals surface area contributed by atoms with Crippen molar-refractivity contribution in [2.75, 3.05) is 0 Å². The molecule has 0 bridgehead atoms. The van der Waals surface area contributed by atoms with Crippen molar-refractivity contribution in [3.05, 3.63) is 0 Å². The van der Waals surface area contributed by atoms with Crippen LogP contribution in [-0.2, 0) is 9.59 Å². The average molecular weight is 297 g/mol. The fourth-order valence-electron chi connectivity index (χ4n) is 3.08. The summed E-state index contributed by atoms with van der Waals surface area (Å²) in [6, 6.07) is -0.807. The smallest absolute Gasteiger partial charge is 0.325 e. The summed E-state index contributed by atoms with van der Waals surface area (Å²) in [5.41, 5.74) is -0.391. The Morgan fingerprint density at radius 1 is 1.24 bits per heavy atom. The van der Waals surface area contributed by atoms with Crippen molar-refractivity contribution in [1.29, 1.82) is 0 Å². The summed E-state index contributed by atoms with van der Waals surface area (Å²) < 4.78 is 0. The van der Waals surface area contributed by atoms with Gasteiger partial charge in [-0.1, -0.05) is 40.0 Å². The van der Waals surface area contributed by atoms with Gasteiger partial charge in [0, 0.05) is 5.41 Å². The minimum Gasteiger partial charge on any atom is -0.480 e. The van der Waals surface area contributed by atoms with Crippen LogP contribution in [0.3, 0.4) is 0 Å². The summed E-state index contributed by atoms with van der Waals surface area (Å²) >= 11 is 0. The maximum absolute atomic E-state index is 12.3. The van der Waals surface area contributed by atoms with E-state index in [1.165, 1.54) is 26.2 Å². The van der Waals surface area contributed by atoms with Crippen LogP contribution in [0.1, 0.15) is 72.6 Å². The lowest BCUT2D eigenvalue weighted by atomic mass is 9.70. The van der Waals surface area contributed by atoms with Gasteiger partial charge in [-0.15, -0.1) is 0 Å². The molecule has 4 nitrogen and oxygen atoms in total. The van der Waals surface area contributed by atoms with E-state index in [0.717, 1.165) is 37.5 Å². The number of hydrogen-bond acceptors (Lipinski definition) is 2. The van der Waals surface area contributed by atoms with Gasteiger partial charge in [-0.05, 0) is 44.4 Å². The summed E-state index contributed by atoms with van der Waals surface area (Å²) in [4.78, 5) is 23.1. The van der Waals surface area contributed by atoms with Gasteiger partial charge in [-0.25, -0.2) is 0 Å². The lowest BCUT2D eigenvalue weighted by Crippen LogP contribution is -2.47. The number of amides is 1. The second-order valence-corrected chi connectivity index (χ2v) is 7.36. The van der Waals surface area contributed by atoms with Gasteiger partial charge in [-0.2, -0.15) is 0 Å². The van der Waals surface area contributed by atoms with E-state index in [1.54, 1.807) is 0 Å². The zero-order valence-corrected chi connectivity index (χ0v) is 13.9. The highest BCUT2D eigenvalue weighted by Crippen LogP contribution is 2.40. The Bertz CT molecular complexity index is 357. The maximum atomic E-state index is 12.3. The number of nitrogens with one attached hydrogen (secondary N) is 1. The van der Waals surface area contributed by atoms with Gasteiger partial charge in [-0.3, -0.25) is 9.59 Å². The summed E-state index contributed by atoms with van der Waals surface area (Å²) in [5.74, 6) is 0.427. The van der Waals surface area contributed by atoms with Crippen LogP contribution in [0.25, 0.3) is 0 Å². The third-order valence-electron chi connectivity index (χ3n) is 4.87. The number of carboxylic acid groups (broad SMARTS) is 1. The molecule has 0 aromatic carbocycles. The highest BCUT2D eigenvalue weighted by atomic mass is 16.4. The molecule has 0 spiro atoms. The average Bonchev–Trinajstić information content (AvgIpc) is 2.40. The second kappa shape index (κ2) is 7.81. The number of aliphatic carboxylic acids is 1. The van der Waals surface area contributed by atoms with Gasteiger partial charge < -0.3 is 10.4 Å². The van der Waals surface area contributed by atoms with Gasteiger partial charge in [0.25, 0.3) is 0 Å². The van der Waals surface area contributed by atoms with Crippen LogP contribution >= 0.6 is 0 Å². The number of carboxylic acids is 1. The summed E-state index contributed by atoms with van der Waals surface area (Å²) in [6.07, 6.45) is 7.75. The van der Waals surface area contributed by atoms with Crippen LogP contribution in [0.5, 0.6) is 0 Å². The van der Waals surface area contributed by atoms with Crippen molar-refractivity contribution in [2.45, 2.75) is 78.7 Å². The van der Waals surface area contributed by atoms with Crippen LogP contribution in [0, 0.1) is 17.3 Å². The van der Waals surface area contributed by atoms with Crippen LogP contribution in [-0.4, -0.2) is 23.0 Å². The van der Waals surface area contributed by atoms with E-state index >= 15 is 0 Å². The molecule has 0 heterocycles. The third-order valence-corrected chi connectivity index (χ3v) is 4.87. The predicted molar refractivity (Wildman–Crippen MR) is 84.0 cm³/mol. The normalized spacial score (nSPS) is 27.4. The molecule has 21 heavy (non-hydrogen) atoms. The van der Waals surface area contributed by atoms with Gasteiger partial charge >= 0.3 is 5.97 Å². The second-order valence-electron chi connectivity index (χ2n) is 7.36. The van der Waals surface area contributed by atoms with Crippen molar-refractivity contribution < 1.29 is 14.7 Å². The molecule has 0 radical (unpaired) electrons. The fourth-order valence-corrected chi connectivity index (χ4v) is 3.08. The van der Waals surface area contributed by atoms with Crippen molar-refractivity contribution >= 4 is 11.9 Å². The van der Waals surface area contributed by atoms with E-state index in [-0.39, 0.29) is 5.91 Å². The van der Waals surface area contributed by atoms with Crippen LogP contribution < -0.4 is 5.32 Å². The molecule has 0 saturated heterocycles. The SMILES string of the molecule is CC(C)CCC[C@H]1CC[C@](C)(C(=O)NC(C)C(=O)O)CC1. The van der Waals surface area contributed by atoms with Gasteiger partial charge in [0.05, 0.1) is 0 Å². The Hall–Kier alpha value is -1.06. The Morgan fingerprint density at radius 2 is 1.81 bits per heavy atom. The maximum Gasteiger partial charge on any atom is 0.325 e. The van der Waals surface area contributed by atoms with E-state index in [9.17, 15) is 9.59 Å². The van der Waals surface area contributed by atoms with Crippen LogP contribution in [0.2, 0.25) is 0 Å². The van der Waals surface area contributed by atoms with Gasteiger partial charge in [0.1, 0.15) is 6.04 Å². The predicted octanol–water partition coefficient (Wildman–Crippen LogP) is 3.60. The molecule has 122 valence electrons. The zero-order chi connectivity index (χ0) is 16.0. The number of hydrogen-bond donors (Lipinski definition) is 2. The van der Waals surface area contributed by atoms with Gasteiger partial charge in [0.2, 0.25) is 5.91 Å². The molecule has 1 fully saturated rings. The van der Waals surface area contributed by atoms with Crippen molar-refractivity contribution in [3.8, 4) is 0 Å². The number of carbonyl (C=O) groups is 2. The third kappa shape index (κ3) is 5.68. The van der Waals surface area contributed by atoms with E-state index in [4.69, 9.17) is 5.11 Å². The molecular weight excluding hydrogens is 266 g/mol. The summed E-state index contributed by atoms with van der Waals surface area (Å²) in [5, 5.41) is 11.5. The standard InChI is InChI=1S/C17H31NO3/c1-12(2)6-5-7-14-8-10-17(4,11-9-14)16(21)18-13(3)15(19)20/h12-14H,5-11H2,1-4H3,(H,18,21)(H,19,20)/t13?,14-,17-. The summed E-state index contributed by atoms with van der Waals surface area (Å²) in [6.45, 7) is 8.00. The van der Waals surface area contributed by atoms with Gasteiger partial charge in [0.15, 0.2) is 0 Å². The number of carbonyl (C=O) groups excluding carboxylic acids is 1. The molecule has 1 rings (SSSR count). The first-order valence-electron chi connectivity index (χ1n) is 8.28. The van der Waals surface area contributed by atoms with Crippen molar-refractivity contribution in [3.63, 3.8) is 0 Å². The van der Waals surface area contributed by atoms with Crippen LogP contribution in [0.15, 0.2) is 0 Å². The molecule has 0 aromatic rings. The molecule has 1 aliphatic rings. The Balaban J connectivity index is 2.39. The van der Waals surface area contributed by atoms with Crippen molar-refractivity contribution in [1.82, 2.24) is 5.32 Å². The van der Waals surface area contributed by atoms with E-state index in [0.29, 0.717) is 0 Å².